The Bertz CT molecular complexity index is 3220. The number of aromatic nitrogens is 1. The third kappa shape index (κ3) is 17.0. The molecule has 0 spiro atoms. The minimum absolute atomic E-state index is 0.00395. The number of hydrogen-bond acceptors (Lipinski definition) is 22. The second-order valence-corrected chi connectivity index (χ2v) is 19.9. The van der Waals surface area contributed by atoms with Crippen molar-refractivity contribution in [3.8, 4) is 46.0 Å². The molecule has 1 aromatic heterocycles. The average molecular weight is 1130 g/mol. The quantitative estimate of drug-likeness (QED) is 0.0150. The van der Waals surface area contributed by atoms with Gasteiger partial charge >= 0.3 is 47.8 Å². The predicted molar refractivity (Wildman–Crippen MR) is 293 cm³/mol. The topological polar surface area (TPSA) is 266 Å². The summed E-state index contributed by atoms with van der Waals surface area (Å²) in [5.41, 5.74) is 2.86. The van der Waals surface area contributed by atoms with Gasteiger partial charge in [0.2, 0.25) is 11.9 Å². The largest absolute Gasteiger partial charge is 0.480 e. The van der Waals surface area contributed by atoms with Gasteiger partial charge in [0.15, 0.2) is 23.0 Å². The molecule has 22 heteroatoms. The van der Waals surface area contributed by atoms with Crippen molar-refractivity contribution in [3.05, 3.63) is 135 Å². The molecule has 21 nitrogen and oxygen atoms in total. The third-order valence-electron chi connectivity index (χ3n) is 12.6. The van der Waals surface area contributed by atoms with Gasteiger partial charge in [-0.25, -0.2) is 24.2 Å². The van der Waals surface area contributed by atoms with Crippen LogP contribution in [0.4, 0.5) is 5.13 Å². The molecule has 5 aromatic rings. The van der Waals surface area contributed by atoms with E-state index in [0.29, 0.717) is 62.1 Å². The Morgan fingerprint density at radius 1 is 0.556 bits per heavy atom. The summed E-state index contributed by atoms with van der Waals surface area (Å²) < 4.78 is 56.2. The highest BCUT2D eigenvalue weighted by molar-refractivity contribution is 7.22. The second-order valence-electron chi connectivity index (χ2n) is 18.9. The van der Waals surface area contributed by atoms with E-state index in [0.717, 1.165) is 34.5 Å². The highest BCUT2D eigenvalue weighted by Crippen LogP contribution is 2.39. The molecule has 1 N–H and O–H groups in total. The minimum Gasteiger partial charge on any atom is -0.480 e. The number of fused-ring (bicyclic) bond motifs is 1. The first-order chi connectivity index (χ1) is 38.9. The van der Waals surface area contributed by atoms with E-state index < -0.39 is 83.8 Å². The lowest BCUT2D eigenvalue weighted by molar-refractivity contribution is -0.145. The number of hydrazone groups is 1. The van der Waals surface area contributed by atoms with Gasteiger partial charge in [0.05, 0.1) is 40.1 Å². The summed E-state index contributed by atoms with van der Waals surface area (Å²) in [7, 11) is 0. The van der Waals surface area contributed by atoms with Crippen molar-refractivity contribution < 1.29 is 85.7 Å². The molecule has 0 amide bonds. The monoisotopic (exact) mass is 1130 g/mol. The van der Waals surface area contributed by atoms with Crippen LogP contribution in [-0.4, -0.2) is 78.0 Å². The molecule has 2 aliphatic carbocycles. The summed E-state index contributed by atoms with van der Waals surface area (Å²) in [6.45, 7) is 16.0. The maximum absolute atomic E-state index is 13.8. The molecule has 7 rings (SSSR count). The predicted octanol–water partition coefficient (Wildman–Crippen LogP) is 9.51. The van der Waals surface area contributed by atoms with Crippen molar-refractivity contribution in [2.75, 3.05) is 18.8 Å². The van der Waals surface area contributed by atoms with E-state index in [1.165, 1.54) is 72.1 Å². The number of para-hydroxylation sites is 1. The number of thiazole rings is 1. The Hall–Kier alpha value is -9.44. The molecular weight excluding hydrogens is 1070 g/mol. The van der Waals surface area contributed by atoms with Gasteiger partial charge in [-0.15, -0.1) is 0 Å². The summed E-state index contributed by atoms with van der Waals surface area (Å²) in [6.07, 6.45) is 7.71. The average Bonchev–Trinajstić information content (AvgIpc) is 3.91. The molecule has 2 aliphatic rings. The van der Waals surface area contributed by atoms with Gasteiger partial charge in [0.1, 0.15) is 35.2 Å². The number of hydrogen-bond donors (Lipinski definition) is 1. The molecule has 0 saturated heterocycles. The highest BCUT2D eigenvalue weighted by atomic mass is 32.1. The van der Waals surface area contributed by atoms with Gasteiger partial charge in [0, 0.05) is 42.0 Å². The van der Waals surface area contributed by atoms with Crippen LogP contribution in [0.15, 0.2) is 135 Å². The molecule has 2 saturated carbocycles. The maximum atomic E-state index is 13.8. The van der Waals surface area contributed by atoms with Gasteiger partial charge < -0.3 is 47.4 Å². The normalized spacial score (nSPS) is 16.8. The van der Waals surface area contributed by atoms with Crippen LogP contribution < -0.4 is 43.3 Å². The van der Waals surface area contributed by atoms with Crippen molar-refractivity contribution >= 4 is 80.7 Å². The lowest BCUT2D eigenvalue weighted by Gasteiger charge is -2.27. The molecule has 422 valence electrons. The summed E-state index contributed by atoms with van der Waals surface area (Å²) >= 11 is 1.38. The van der Waals surface area contributed by atoms with E-state index in [1.54, 1.807) is 13.8 Å². The fourth-order valence-electron chi connectivity index (χ4n) is 8.39. The van der Waals surface area contributed by atoms with Gasteiger partial charge in [-0.05, 0) is 120 Å². The lowest BCUT2D eigenvalue weighted by atomic mass is 9.82. The van der Waals surface area contributed by atoms with E-state index in [-0.39, 0.29) is 52.6 Å². The van der Waals surface area contributed by atoms with Gasteiger partial charge in [-0.3, -0.25) is 24.6 Å². The van der Waals surface area contributed by atoms with Crippen LogP contribution >= 0.6 is 11.3 Å². The zero-order chi connectivity index (χ0) is 58.1. The SMILES string of the molecule is C=CC(=O)OCOc1cc(OC(=O)C2CCC(C(=O)Oc3ccc(OC(=O)C4CCC(C(=O)Oc5ccc(OC(=O)C=C)c(OC(C)(C)COC(=O)C=C)c5)CC4)c(/C=N/Nc4nc5ccccc5s4)c3)CC2)ccc1OC(=O)C=C. The van der Waals surface area contributed by atoms with Gasteiger partial charge in [-0.1, -0.05) is 49.8 Å². The number of nitrogens with one attached hydrogen (secondary N) is 1. The molecule has 0 bridgehead atoms. The summed E-state index contributed by atoms with van der Waals surface area (Å²) in [4.78, 5) is 106. The zero-order valence-electron chi connectivity index (χ0n) is 44.3. The Kier molecular flexibility index (Phi) is 20.4. The summed E-state index contributed by atoms with van der Waals surface area (Å²) in [5, 5.41) is 4.87. The Morgan fingerprint density at radius 3 is 1.53 bits per heavy atom. The van der Waals surface area contributed by atoms with Crippen molar-refractivity contribution in [3.63, 3.8) is 0 Å². The number of benzene rings is 4. The molecule has 1 heterocycles. The number of carbonyl (C=O) groups is 8. The second kappa shape index (κ2) is 27.9. The van der Waals surface area contributed by atoms with Crippen molar-refractivity contribution in [2.45, 2.75) is 70.8 Å². The van der Waals surface area contributed by atoms with Crippen LogP contribution in [0.2, 0.25) is 0 Å². The van der Waals surface area contributed by atoms with Gasteiger partial charge in [0.25, 0.3) is 0 Å². The molecular formula is C59H57N3O18S. The zero-order valence-corrected chi connectivity index (χ0v) is 45.1. The Labute approximate surface area is 469 Å². The highest BCUT2D eigenvalue weighted by Gasteiger charge is 2.35. The van der Waals surface area contributed by atoms with E-state index in [1.807, 2.05) is 24.3 Å². The van der Waals surface area contributed by atoms with E-state index in [4.69, 9.17) is 47.4 Å². The van der Waals surface area contributed by atoms with Crippen LogP contribution in [-0.2, 0) is 47.8 Å². The van der Waals surface area contributed by atoms with Crippen LogP contribution in [0, 0.1) is 23.7 Å². The first-order valence-corrected chi connectivity index (χ1v) is 26.3. The Balaban J connectivity index is 0.964. The number of esters is 8. The molecule has 0 unspecified atom stereocenters. The van der Waals surface area contributed by atoms with Crippen LogP contribution in [0.1, 0.15) is 70.8 Å². The third-order valence-corrected chi connectivity index (χ3v) is 13.5. The molecule has 81 heavy (non-hydrogen) atoms. The molecule has 0 aliphatic heterocycles. The smallest absolute Gasteiger partial charge is 0.335 e. The number of anilines is 1. The number of carbonyl (C=O) groups excluding carboxylic acids is 8. The van der Waals surface area contributed by atoms with Crippen LogP contribution in [0.3, 0.4) is 0 Å². The maximum Gasteiger partial charge on any atom is 0.335 e. The Morgan fingerprint density at radius 2 is 1.01 bits per heavy atom. The number of nitrogens with zero attached hydrogens (tertiary/aromatic N) is 2. The van der Waals surface area contributed by atoms with E-state index in [2.05, 4.69) is 41.8 Å². The van der Waals surface area contributed by atoms with Crippen molar-refractivity contribution in [1.82, 2.24) is 4.98 Å². The first-order valence-electron chi connectivity index (χ1n) is 25.4. The van der Waals surface area contributed by atoms with Crippen LogP contribution in [0.25, 0.3) is 10.2 Å². The lowest BCUT2D eigenvalue weighted by Crippen LogP contribution is -2.35. The molecule has 0 atom stereocenters. The summed E-state index contributed by atoms with van der Waals surface area (Å²) in [5.74, 6) is -7.07. The first kappa shape index (κ1) is 59.2. The minimum atomic E-state index is -1.12. The molecule has 0 radical (unpaired) electrons. The van der Waals surface area contributed by atoms with Crippen LogP contribution in [0.5, 0.6) is 46.0 Å². The summed E-state index contributed by atoms with van der Waals surface area (Å²) in [6, 6.07) is 20.3. The molecule has 2 fully saturated rings. The fourth-order valence-corrected chi connectivity index (χ4v) is 9.20. The number of ether oxygens (including phenoxy) is 10. The van der Waals surface area contributed by atoms with Gasteiger partial charge in [-0.2, -0.15) is 5.10 Å². The van der Waals surface area contributed by atoms with Crippen molar-refractivity contribution in [1.29, 1.82) is 0 Å². The number of rotatable bonds is 24. The molecule has 4 aromatic carbocycles. The van der Waals surface area contributed by atoms with E-state index in [9.17, 15) is 38.4 Å². The standard InChI is InChI=1S/C59H57N3O18S/c1-7-50(63)71-33-59(5,6)80-48-31-42(25-28-46(48)78-53(66)10-4)76-56(69)37-19-21-38(22-20-37)57(70)79-44-26-23-40(29-39(44)32-60-62-58-61-43-13-11-12-14-49(43)81-58)74-54(67)35-15-17-36(18-16-35)55(68)75-41-24-27-45(77-52(65)9-3)47(30-41)72-34-73-51(64)8-2/h7-14,23-32,35-38H,1-4,15-22,33-34H2,5-6H3,(H,61,62)/b60-32+. The van der Waals surface area contributed by atoms with E-state index >= 15 is 0 Å². The van der Waals surface area contributed by atoms with Crippen molar-refractivity contribution in [2.24, 2.45) is 28.8 Å². The fraction of sp³-hybridized carbons (Fsp3) is 0.288.